The van der Waals surface area contributed by atoms with E-state index in [1.165, 1.54) is 0 Å². The van der Waals surface area contributed by atoms with Crippen LogP contribution >= 0.6 is 35.0 Å². The van der Waals surface area contributed by atoms with Gasteiger partial charge in [-0.05, 0) is 6.07 Å². The van der Waals surface area contributed by atoms with Gasteiger partial charge in [0, 0.05) is 4.75 Å². The van der Waals surface area contributed by atoms with Crippen molar-refractivity contribution in [2.24, 2.45) is 5.84 Å². The van der Waals surface area contributed by atoms with Gasteiger partial charge in [-0.15, -0.1) is 0 Å². The van der Waals surface area contributed by atoms with Gasteiger partial charge in [-0.3, -0.25) is 0 Å². The summed E-state index contributed by atoms with van der Waals surface area (Å²) < 4.78 is 0.0380. The van der Waals surface area contributed by atoms with Crippen molar-refractivity contribution in [2.75, 3.05) is 5.43 Å². The van der Waals surface area contributed by atoms with Crippen molar-refractivity contribution in [3.63, 3.8) is 0 Å². The third kappa shape index (κ3) is 3.72. The fourth-order valence-corrected chi connectivity index (χ4v) is 2.31. The minimum atomic E-state index is 0.0380. The van der Waals surface area contributed by atoms with Crippen LogP contribution in [0.4, 0.5) is 5.82 Å². The maximum atomic E-state index is 6.03. The standard InChI is InChI=1S/C9H13Cl2N3S/c1-9(2,3)15-8-6(11)4-5(10)7(13-8)14-12/h4H,12H2,1-3H3,(H,13,14). The summed E-state index contributed by atoms with van der Waals surface area (Å²) >= 11 is 13.5. The van der Waals surface area contributed by atoms with Crippen LogP contribution in [0.5, 0.6) is 0 Å². The number of aromatic nitrogens is 1. The van der Waals surface area contributed by atoms with Crippen LogP contribution in [0, 0.1) is 0 Å². The van der Waals surface area contributed by atoms with E-state index < -0.39 is 0 Å². The minimum Gasteiger partial charge on any atom is -0.307 e. The van der Waals surface area contributed by atoms with E-state index in [1.807, 2.05) is 0 Å². The first kappa shape index (κ1) is 12.9. The number of anilines is 1. The normalized spacial score (nSPS) is 11.6. The number of pyridine rings is 1. The Morgan fingerprint density at radius 2 is 1.93 bits per heavy atom. The van der Waals surface area contributed by atoms with Crippen LogP contribution in [-0.4, -0.2) is 9.73 Å². The van der Waals surface area contributed by atoms with Gasteiger partial charge in [0.2, 0.25) is 0 Å². The Morgan fingerprint density at radius 3 is 2.40 bits per heavy atom. The zero-order chi connectivity index (χ0) is 11.6. The molecule has 0 amide bonds. The number of nitrogens with one attached hydrogen (secondary N) is 1. The molecule has 0 aliphatic heterocycles. The molecule has 0 bridgehead atoms. The first-order valence-corrected chi connectivity index (χ1v) is 5.92. The number of nitrogens with two attached hydrogens (primary N) is 1. The molecule has 15 heavy (non-hydrogen) atoms. The van der Waals surface area contributed by atoms with E-state index >= 15 is 0 Å². The molecule has 0 spiro atoms. The average molecular weight is 266 g/mol. The summed E-state index contributed by atoms with van der Waals surface area (Å²) in [6.45, 7) is 6.25. The maximum Gasteiger partial charge on any atom is 0.160 e. The Labute approximate surface area is 104 Å². The van der Waals surface area contributed by atoms with Crippen LogP contribution in [0.1, 0.15) is 20.8 Å². The molecule has 0 saturated heterocycles. The molecule has 3 N–H and O–H groups in total. The topological polar surface area (TPSA) is 50.9 Å². The van der Waals surface area contributed by atoms with Crippen LogP contribution in [-0.2, 0) is 0 Å². The Bertz CT molecular complexity index is 363. The van der Waals surface area contributed by atoms with Crippen LogP contribution in [0.2, 0.25) is 10.0 Å². The number of thioether (sulfide) groups is 1. The summed E-state index contributed by atoms with van der Waals surface area (Å²) in [4.78, 5) is 4.24. The summed E-state index contributed by atoms with van der Waals surface area (Å²) in [6.07, 6.45) is 0. The zero-order valence-corrected chi connectivity index (χ0v) is 11.1. The Morgan fingerprint density at radius 1 is 1.33 bits per heavy atom. The van der Waals surface area contributed by atoms with Crippen molar-refractivity contribution in [1.29, 1.82) is 0 Å². The molecule has 3 nitrogen and oxygen atoms in total. The monoisotopic (exact) mass is 265 g/mol. The van der Waals surface area contributed by atoms with Gasteiger partial charge in [-0.1, -0.05) is 55.7 Å². The van der Waals surface area contributed by atoms with Crippen molar-refractivity contribution in [1.82, 2.24) is 4.98 Å². The lowest BCUT2D eigenvalue weighted by Crippen LogP contribution is -2.11. The quantitative estimate of drug-likeness (QED) is 0.488. The van der Waals surface area contributed by atoms with Gasteiger partial charge in [0.25, 0.3) is 0 Å². The second-order valence-corrected chi connectivity index (χ2v) is 6.59. The van der Waals surface area contributed by atoms with Gasteiger partial charge in [0.1, 0.15) is 5.03 Å². The van der Waals surface area contributed by atoms with E-state index in [2.05, 4.69) is 31.2 Å². The van der Waals surface area contributed by atoms with Gasteiger partial charge in [-0.25, -0.2) is 10.8 Å². The largest absolute Gasteiger partial charge is 0.307 e. The summed E-state index contributed by atoms with van der Waals surface area (Å²) in [5, 5.41) is 1.68. The average Bonchev–Trinajstić information content (AvgIpc) is 2.07. The molecular weight excluding hydrogens is 253 g/mol. The Balaban J connectivity index is 3.08. The van der Waals surface area contributed by atoms with Gasteiger partial charge in [-0.2, -0.15) is 0 Å². The maximum absolute atomic E-state index is 6.03. The zero-order valence-electron chi connectivity index (χ0n) is 8.77. The molecule has 1 aromatic rings. The number of hydrazine groups is 1. The molecule has 0 atom stereocenters. The Hall–Kier alpha value is -0.160. The first-order valence-electron chi connectivity index (χ1n) is 4.35. The molecular formula is C9H13Cl2N3S. The molecule has 1 aromatic heterocycles. The molecule has 1 heterocycles. The van der Waals surface area contributed by atoms with Crippen molar-refractivity contribution in [3.05, 3.63) is 16.1 Å². The number of halogens is 2. The highest BCUT2D eigenvalue weighted by Crippen LogP contribution is 2.37. The molecule has 0 aliphatic rings. The third-order valence-electron chi connectivity index (χ3n) is 1.44. The van der Waals surface area contributed by atoms with Crippen molar-refractivity contribution in [3.8, 4) is 0 Å². The molecule has 84 valence electrons. The highest BCUT2D eigenvalue weighted by Gasteiger charge is 2.17. The number of nitrogen functional groups attached to an aromatic ring is 1. The lowest BCUT2D eigenvalue weighted by atomic mass is 10.3. The van der Waals surface area contributed by atoms with Crippen LogP contribution in [0.3, 0.4) is 0 Å². The highest BCUT2D eigenvalue weighted by atomic mass is 35.5. The number of hydrogen-bond acceptors (Lipinski definition) is 4. The fourth-order valence-electron chi connectivity index (χ4n) is 0.913. The smallest absolute Gasteiger partial charge is 0.160 e. The van der Waals surface area contributed by atoms with Crippen LogP contribution in [0.15, 0.2) is 11.1 Å². The number of rotatable bonds is 2. The molecule has 0 unspecified atom stereocenters. The summed E-state index contributed by atoms with van der Waals surface area (Å²) in [6, 6.07) is 1.64. The van der Waals surface area contributed by atoms with Gasteiger partial charge >= 0.3 is 0 Å². The van der Waals surface area contributed by atoms with Crippen molar-refractivity contribution < 1.29 is 0 Å². The molecule has 0 radical (unpaired) electrons. The minimum absolute atomic E-state index is 0.0380. The SMILES string of the molecule is CC(C)(C)Sc1nc(NN)c(Cl)cc1Cl. The summed E-state index contributed by atoms with van der Waals surface area (Å²) in [5.74, 6) is 5.72. The van der Waals surface area contributed by atoms with E-state index in [1.54, 1.807) is 17.8 Å². The summed E-state index contributed by atoms with van der Waals surface area (Å²) in [7, 11) is 0. The lowest BCUT2D eigenvalue weighted by Gasteiger charge is -2.18. The molecule has 1 rings (SSSR count). The van der Waals surface area contributed by atoms with Gasteiger partial charge in [0.15, 0.2) is 5.82 Å². The molecule has 0 saturated carbocycles. The summed E-state index contributed by atoms with van der Waals surface area (Å²) in [5.41, 5.74) is 2.43. The predicted molar refractivity (Wildman–Crippen MR) is 67.7 cm³/mol. The van der Waals surface area contributed by atoms with Gasteiger partial charge < -0.3 is 5.43 Å². The van der Waals surface area contributed by atoms with Crippen LogP contribution in [0.25, 0.3) is 0 Å². The molecule has 0 aliphatic carbocycles. The van der Waals surface area contributed by atoms with E-state index in [-0.39, 0.29) is 4.75 Å². The van der Waals surface area contributed by atoms with E-state index in [9.17, 15) is 0 Å². The van der Waals surface area contributed by atoms with E-state index in [0.717, 1.165) is 5.03 Å². The van der Waals surface area contributed by atoms with Crippen molar-refractivity contribution in [2.45, 2.75) is 30.5 Å². The van der Waals surface area contributed by atoms with E-state index in [0.29, 0.717) is 15.9 Å². The van der Waals surface area contributed by atoms with E-state index in [4.69, 9.17) is 29.0 Å². The second kappa shape index (κ2) is 4.78. The molecule has 0 fully saturated rings. The van der Waals surface area contributed by atoms with Crippen molar-refractivity contribution >= 4 is 40.8 Å². The second-order valence-electron chi connectivity index (χ2n) is 3.96. The Kier molecular flexibility index (Phi) is 4.12. The van der Waals surface area contributed by atoms with Gasteiger partial charge in [0.05, 0.1) is 10.0 Å². The highest BCUT2D eigenvalue weighted by molar-refractivity contribution is 8.00. The third-order valence-corrected chi connectivity index (χ3v) is 3.24. The number of nitrogens with zero attached hydrogens (tertiary/aromatic N) is 1. The number of hydrogen-bond donors (Lipinski definition) is 2. The molecule has 6 heteroatoms. The first-order chi connectivity index (χ1) is 6.83. The molecule has 0 aromatic carbocycles. The lowest BCUT2D eigenvalue weighted by molar-refractivity contribution is 0.799. The predicted octanol–water partition coefficient (Wildman–Crippen LogP) is 3.56. The van der Waals surface area contributed by atoms with Crippen LogP contribution < -0.4 is 11.3 Å². The fraction of sp³-hybridized carbons (Fsp3) is 0.444.